The fourth-order valence-corrected chi connectivity index (χ4v) is 4.19. The summed E-state index contributed by atoms with van der Waals surface area (Å²) in [5.41, 5.74) is 5.34. The summed E-state index contributed by atoms with van der Waals surface area (Å²) in [6, 6.07) is 22.3. The number of aryl methyl sites for hydroxylation is 2. The van der Waals surface area contributed by atoms with Gasteiger partial charge < -0.3 is 14.6 Å². The molecule has 4 aromatic rings. The number of benzene rings is 3. The lowest BCUT2D eigenvalue weighted by molar-refractivity contribution is -0.144. The van der Waals surface area contributed by atoms with E-state index in [-0.39, 0.29) is 18.9 Å². The standard InChI is InChI=1S/C26H26N2O3/c1-18-6-5-7-19(14-18)12-13-28(17-26(30)31)25(29)16-20-10-11-22-21-8-3-4-9-23(21)27(2)24(22)15-20/h3-11,14-15H,12-13,16-17H2,1-2H3,(H,30,31). The fraction of sp³-hybridized carbons (Fsp3) is 0.231. The van der Waals surface area contributed by atoms with E-state index in [0.29, 0.717) is 13.0 Å². The highest BCUT2D eigenvalue weighted by Gasteiger charge is 2.18. The molecular formula is C26H26N2O3. The van der Waals surface area contributed by atoms with E-state index in [9.17, 15) is 14.7 Å². The first-order chi connectivity index (χ1) is 14.9. The van der Waals surface area contributed by atoms with Crippen molar-refractivity contribution in [3.8, 4) is 0 Å². The summed E-state index contributed by atoms with van der Waals surface area (Å²) in [5.74, 6) is -1.17. The van der Waals surface area contributed by atoms with Crippen LogP contribution >= 0.6 is 0 Å². The Morgan fingerprint density at radius 3 is 2.45 bits per heavy atom. The van der Waals surface area contributed by atoms with Crippen molar-refractivity contribution < 1.29 is 14.7 Å². The number of amides is 1. The predicted molar refractivity (Wildman–Crippen MR) is 123 cm³/mol. The quantitative estimate of drug-likeness (QED) is 0.489. The molecule has 1 N–H and O–H groups in total. The Kier molecular flexibility index (Phi) is 5.76. The number of fused-ring (bicyclic) bond motifs is 3. The van der Waals surface area contributed by atoms with Crippen LogP contribution in [0, 0.1) is 6.92 Å². The number of rotatable bonds is 7. The van der Waals surface area contributed by atoms with Crippen LogP contribution in [-0.4, -0.2) is 39.5 Å². The van der Waals surface area contributed by atoms with Crippen molar-refractivity contribution in [2.24, 2.45) is 7.05 Å². The molecule has 5 nitrogen and oxygen atoms in total. The third kappa shape index (κ3) is 4.45. The number of carbonyl (C=O) groups is 2. The van der Waals surface area contributed by atoms with Crippen molar-refractivity contribution in [2.45, 2.75) is 19.8 Å². The maximum absolute atomic E-state index is 13.0. The van der Waals surface area contributed by atoms with E-state index >= 15 is 0 Å². The van der Waals surface area contributed by atoms with Gasteiger partial charge in [0.25, 0.3) is 0 Å². The molecule has 5 heteroatoms. The van der Waals surface area contributed by atoms with Gasteiger partial charge in [0, 0.05) is 35.4 Å². The second kappa shape index (κ2) is 8.64. The SMILES string of the molecule is Cc1cccc(CCN(CC(=O)O)C(=O)Cc2ccc3c4ccccc4n(C)c3c2)c1. The van der Waals surface area contributed by atoms with Crippen molar-refractivity contribution in [3.63, 3.8) is 0 Å². The largest absolute Gasteiger partial charge is 0.480 e. The molecule has 0 aliphatic rings. The molecule has 0 saturated carbocycles. The summed E-state index contributed by atoms with van der Waals surface area (Å²) in [4.78, 5) is 25.8. The van der Waals surface area contributed by atoms with Gasteiger partial charge in [0.1, 0.15) is 6.54 Å². The molecule has 3 aromatic carbocycles. The van der Waals surface area contributed by atoms with E-state index < -0.39 is 5.97 Å². The van der Waals surface area contributed by atoms with Crippen molar-refractivity contribution >= 4 is 33.7 Å². The molecule has 4 rings (SSSR count). The van der Waals surface area contributed by atoms with Gasteiger partial charge in [-0.15, -0.1) is 0 Å². The third-order valence-electron chi connectivity index (χ3n) is 5.77. The second-order valence-electron chi connectivity index (χ2n) is 8.05. The molecule has 0 unspecified atom stereocenters. The Bertz CT molecular complexity index is 1270. The topological polar surface area (TPSA) is 62.5 Å². The normalized spacial score (nSPS) is 11.2. The van der Waals surface area contributed by atoms with Crippen LogP contribution in [0.2, 0.25) is 0 Å². The first-order valence-corrected chi connectivity index (χ1v) is 10.4. The molecule has 0 fully saturated rings. The summed E-state index contributed by atoms with van der Waals surface area (Å²) in [7, 11) is 2.02. The number of carboxylic acid groups (broad SMARTS) is 1. The lowest BCUT2D eigenvalue weighted by Crippen LogP contribution is -2.38. The van der Waals surface area contributed by atoms with Gasteiger partial charge in [0.15, 0.2) is 0 Å². The summed E-state index contributed by atoms with van der Waals surface area (Å²) in [6.45, 7) is 2.11. The van der Waals surface area contributed by atoms with Gasteiger partial charge >= 0.3 is 5.97 Å². The number of carbonyl (C=O) groups excluding carboxylic acids is 1. The Balaban J connectivity index is 1.54. The average Bonchev–Trinajstić information content (AvgIpc) is 3.03. The lowest BCUT2D eigenvalue weighted by Gasteiger charge is -2.21. The highest BCUT2D eigenvalue weighted by atomic mass is 16.4. The van der Waals surface area contributed by atoms with Gasteiger partial charge in [-0.3, -0.25) is 9.59 Å². The highest BCUT2D eigenvalue weighted by molar-refractivity contribution is 6.08. The number of aromatic nitrogens is 1. The van der Waals surface area contributed by atoms with Crippen LogP contribution in [-0.2, 0) is 29.5 Å². The third-order valence-corrected chi connectivity index (χ3v) is 5.77. The van der Waals surface area contributed by atoms with Crippen LogP contribution in [0.3, 0.4) is 0 Å². The van der Waals surface area contributed by atoms with Crippen molar-refractivity contribution in [1.82, 2.24) is 9.47 Å². The molecule has 0 radical (unpaired) electrons. The summed E-state index contributed by atoms with van der Waals surface area (Å²) in [5, 5.41) is 11.6. The molecule has 0 aliphatic carbocycles. The Labute approximate surface area is 181 Å². The van der Waals surface area contributed by atoms with E-state index in [1.54, 1.807) is 0 Å². The monoisotopic (exact) mass is 414 g/mol. The van der Waals surface area contributed by atoms with Crippen LogP contribution in [0.1, 0.15) is 16.7 Å². The predicted octanol–water partition coefficient (Wildman–Crippen LogP) is 4.34. The fourth-order valence-electron chi connectivity index (χ4n) is 4.19. The number of aliphatic carboxylic acids is 1. The molecule has 0 bridgehead atoms. The molecule has 1 amide bonds. The summed E-state index contributed by atoms with van der Waals surface area (Å²) >= 11 is 0. The zero-order valence-corrected chi connectivity index (χ0v) is 17.8. The number of hydrogen-bond donors (Lipinski definition) is 1. The molecule has 0 saturated heterocycles. The molecule has 1 heterocycles. The van der Waals surface area contributed by atoms with Gasteiger partial charge in [-0.1, -0.05) is 60.2 Å². The first kappa shape index (κ1) is 20.7. The number of nitrogens with zero attached hydrogens (tertiary/aromatic N) is 2. The molecular weight excluding hydrogens is 388 g/mol. The van der Waals surface area contributed by atoms with Crippen LogP contribution in [0.5, 0.6) is 0 Å². The van der Waals surface area contributed by atoms with E-state index in [4.69, 9.17) is 0 Å². The van der Waals surface area contributed by atoms with E-state index in [2.05, 4.69) is 28.8 Å². The Hall–Kier alpha value is -3.60. The zero-order chi connectivity index (χ0) is 22.0. The maximum Gasteiger partial charge on any atom is 0.323 e. The minimum Gasteiger partial charge on any atom is -0.480 e. The molecule has 158 valence electrons. The Morgan fingerprint density at radius 1 is 0.903 bits per heavy atom. The zero-order valence-electron chi connectivity index (χ0n) is 17.8. The van der Waals surface area contributed by atoms with Crippen LogP contribution in [0.4, 0.5) is 0 Å². The van der Waals surface area contributed by atoms with Gasteiger partial charge in [-0.2, -0.15) is 0 Å². The van der Waals surface area contributed by atoms with Gasteiger partial charge in [-0.05, 0) is 36.6 Å². The molecule has 0 aliphatic heterocycles. The molecule has 31 heavy (non-hydrogen) atoms. The highest BCUT2D eigenvalue weighted by Crippen LogP contribution is 2.28. The van der Waals surface area contributed by atoms with Gasteiger partial charge in [0.05, 0.1) is 6.42 Å². The smallest absolute Gasteiger partial charge is 0.323 e. The average molecular weight is 415 g/mol. The maximum atomic E-state index is 13.0. The van der Waals surface area contributed by atoms with E-state index in [0.717, 1.165) is 33.1 Å². The van der Waals surface area contributed by atoms with Crippen molar-refractivity contribution in [1.29, 1.82) is 0 Å². The molecule has 0 spiro atoms. The van der Waals surface area contributed by atoms with Crippen LogP contribution in [0.25, 0.3) is 21.8 Å². The van der Waals surface area contributed by atoms with Crippen LogP contribution < -0.4 is 0 Å². The summed E-state index contributed by atoms with van der Waals surface area (Å²) in [6.07, 6.45) is 0.807. The minimum absolute atomic E-state index is 0.173. The van der Waals surface area contributed by atoms with Crippen molar-refractivity contribution in [3.05, 3.63) is 83.4 Å². The lowest BCUT2D eigenvalue weighted by atomic mass is 10.1. The number of hydrogen-bond acceptors (Lipinski definition) is 2. The van der Waals surface area contributed by atoms with Crippen LogP contribution in [0.15, 0.2) is 66.7 Å². The summed E-state index contributed by atoms with van der Waals surface area (Å²) < 4.78 is 2.13. The van der Waals surface area contributed by atoms with Crippen molar-refractivity contribution in [2.75, 3.05) is 13.1 Å². The van der Waals surface area contributed by atoms with Gasteiger partial charge in [0.2, 0.25) is 5.91 Å². The second-order valence-corrected chi connectivity index (χ2v) is 8.05. The van der Waals surface area contributed by atoms with E-state index in [1.165, 1.54) is 10.3 Å². The Morgan fingerprint density at radius 2 is 1.68 bits per heavy atom. The van der Waals surface area contributed by atoms with E-state index in [1.807, 2.05) is 56.4 Å². The molecule has 1 aromatic heterocycles. The minimum atomic E-state index is -0.998. The number of para-hydroxylation sites is 1. The van der Waals surface area contributed by atoms with Gasteiger partial charge in [-0.25, -0.2) is 0 Å². The molecule has 0 atom stereocenters. The first-order valence-electron chi connectivity index (χ1n) is 10.4. The number of carboxylic acids is 1.